The van der Waals surface area contributed by atoms with Gasteiger partial charge in [-0.3, -0.25) is 4.79 Å². The van der Waals surface area contributed by atoms with Gasteiger partial charge >= 0.3 is 6.09 Å². The Hall–Kier alpha value is -1.26. The number of hydrogen-bond acceptors (Lipinski definition) is 3. The van der Waals surface area contributed by atoms with E-state index in [0.717, 1.165) is 38.6 Å². The first-order chi connectivity index (χ1) is 9.35. The van der Waals surface area contributed by atoms with E-state index >= 15 is 0 Å². The Morgan fingerprint density at radius 2 is 1.90 bits per heavy atom. The van der Waals surface area contributed by atoms with Crippen molar-refractivity contribution in [1.82, 2.24) is 10.2 Å². The highest BCUT2D eigenvalue weighted by Gasteiger charge is 2.32. The SMILES string of the molecule is CC(C)(C)OC(=O)NC1CCC(N2CCCC2=O)CC1. The van der Waals surface area contributed by atoms with Gasteiger partial charge in [0.2, 0.25) is 5.91 Å². The summed E-state index contributed by atoms with van der Waals surface area (Å²) in [5.74, 6) is 0.300. The van der Waals surface area contributed by atoms with E-state index in [1.54, 1.807) is 0 Å². The smallest absolute Gasteiger partial charge is 0.407 e. The molecule has 0 atom stereocenters. The lowest BCUT2D eigenvalue weighted by Crippen LogP contribution is -2.45. The molecule has 1 saturated carbocycles. The third-order valence-corrected chi connectivity index (χ3v) is 3.97. The van der Waals surface area contributed by atoms with Gasteiger partial charge in [-0.05, 0) is 52.9 Å². The van der Waals surface area contributed by atoms with Gasteiger partial charge in [-0.1, -0.05) is 0 Å². The van der Waals surface area contributed by atoms with Gasteiger partial charge in [-0.15, -0.1) is 0 Å². The zero-order chi connectivity index (χ0) is 14.8. The van der Waals surface area contributed by atoms with Gasteiger partial charge in [0.15, 0.2) is 0 Å². The summed E-state index contributed by atoms with van der Waals surface area (Å²) in [5.41, 5.74) is -0.455. The van der Waals surface area contributed by atoms with Crippen LogP contribution >= 0.6 is 0 Å². The van der Waals surface area contributed by atoms with Gasteiger partial charge < -0.3 is 15.0 Å². The monoisotopic (exact) mass is 282 g/mol. The highest BCUT2D eigenvalue weighted by molar-refractivity contribution is 5.78. The number of ether oxygens (including phenoxy) is 1. The van der Waals surface area contributed by atoms with Crippen molar-refractivity contribution in [1.29, 1.82) is 0 Å². The Morgan fingerprint density at radius 3 is 2.40 bits per heavy atom. The molecule has 0 bridgehead atoms. The summed E-state index contributed by atoms with van der Waals surface area (Å²) in [4.78, 5) is 25.5. The van der Waals surface area contributed by atoms with Crippen LogP contribution in [0.15, 0.2) is 0 Å². The second-order valence-corrected chi connectivity index (χ2v) is 6.84. The molecule has 0 aromatic carbocycles. The van der Waals surface area contributed by atoms with Crippen LogP contribution in [-0.2, 0) is 9.53 Å². The van der Waals surface area contributed by atoms with E-state index in [1.807, 2.05) is 25.7 Å². The number of nitrogens with zero attached hydrogens (tertiary/aromatic N) is 1. The largest absolute Gasteiger partial charge is 0.444 e. The summed E-state index contributed by atoms with van der Waals surface area (Å²) >= 11 is 0. The first-order valence-corrected chi connectivity index (χ1v) is 7.64. The molecule has 0 aromatic rings. The van der Waals surface area contributed by atoms with E-state index < -0.39 is 5.60 Å². The molecule has 0 radical (unpaired) electrons. The first-order valence-electron chi connectivity index (χ1n) is 7.64. The van der Waals surface area contributed by atoms with E-state index in [4.69, 9.17) is 4.74 Å². The number of nitrogens with one attached hydrogen (secondary N) is 1. The third kappa shape index (κ3) is 4.12. The maximum Gasteiger partial charge on any atom is 0.407 e. The van der Waals surface area contributed by atoms with Gasteiger partial charge in [0.1, 0.15) is 5.60 Å². The van der Waals surface area contributed by atoms with Gasteiger partial charge in [0, 0.05) is 25.0 Å². The van der Waals surface area contributed by atoms with Crippen LogP contribution in [0.1, 0.15) is 59.3 Å². The van der Waals surface area contributed by atoms with Crippen LogP contribution in [0.25, 0.3) is 0 Å². The molecule has 0 spiro atoms. The summed E-state index contributed by atoms with van der Waals surface area (Å²) in [5, 5.41) is 2.93. The van der Waals surface area contributed by atoms with Crippen molar-refractivity contribution in [3.63, 3.8) is 0 Å². The molecule has 20 heavy (non-hydrogen) atoms. The van der Waals surface area contributed by atoms with Crippen molar-refractivity contribution in [3.05, 3.63) is 0 Å². The Kier molecular flexibility index (Phi) is 4.55. The topological polar surface area (TPSA) is 58.6 Å². The lowest BCUT2D eigenvalue weighted by Gasteiger charge is -2.35. The molecule has 2 aliphatic rings. The van der Waals surface area contributed by atoms with Crippen molar-refractivity contribution >= 4 is 12.0 Å². The lowest BCUT2D eigenvalue weighted by molar-refractivity contribution is -0.130. The Balaban J connectivity index is 1.74. The number of hydrogen-bond donors (Lipinski definition) is 1. The van der Waals surface area contributed by atoms with Crippen molar-refractivity contribution in [2.45, 2.75) is 77.0 Å². The van der Waals surface area contributed by atoms with E-state index in [2.05, 4.69) is 5.32 Å². The molecule has 0 unspecified atom stereocenters. The van der Waals surface area contributed by atoms with E-state index in [0.29, 0.717) is 18.4 Å². The molecule has 2 rings (SSSR count). The molecule has 1 saturated heterocycles. The number of amides is 2. The van der Waals surface area contributed by atoms with E-state index in [9.17, 15) is 9.59 Å². The van der Waals surface area contributed by atoms with Crippen molar-refractivity contribution < 1.29 is 14.3 Å². The molecule has 114 valence electrons. The molecular weight excluding hydrogens is 256 g/mol. The van der Waals surface area contributed by atoms with Crippen molar-refractivity contribution in [2.24, 2.45) is 0 Å². The van der Waals surface area contributed by atoms with Crippen molar-refractivity contribution in [2.75, 3.05) is 6.54 Å². The van der Waals surface area contributed by atoms with Crippen molar-refractivity contribution in [3.8, 4) is 0 Å². The summed E-state index contributed by atoms with van der Waals surface area (Å²) < 4.78 is 5.27. The average molecular weight is 282 g/mol. The molecule has 1 heterocycles. The highest BCUT2D eigenvalue weighted by Crippen LogP contribution is 2.26. The number of carbonyl (C=O) groups is 2. The molecule has 0 aromatic heterocycles. The molecule has 1 aliphatic heterocycles. The van der Waals surface area contributed by atoms with Crippen LogP contribution in [0.4, 0.5) is 4.79 Å². The molecule has 2 amide bonds. The summed E-state index contributed by atoms with van der Waals surface area (Å²) in [7, 11) is 0. The quantitative estimate of drug-likeness (QED) is 0.846. The van der Waals surface area contributed by atoms with Crippen LogP contribution in [-0.4, -0.2) is 41.1 Å². The predicted octanol–water partition coefficient (Wildman–Crippen LogP) is 2.44. The number of carbonyl (C=O) groups excluding carboxylic acids is 2. The van der Waals surface area contributed by atoms with Crippen LogP contribution in [0.3, 0.4) is 0 Å². The first kappa shape index (κ1) is 15.1. The fraction of sp³-hybridized carbons (Fsp3) is 0.867. The van der Waals surface area contributed by atoms with Crippen LogP contribution in [0.2, 0.25) is 0 Å². The average Bonchev–Trinajstić information content (AvgIpc) is 2.74. The van der Waals surface area contributed by atoms with Crippen LogP contribution in [0, 0.1) is 0 Å². The van der Waals surface area contributed by atoms with Gasteiger partial charge in [0.05, 0.1) is 0 Å². The molecular formula is C15H26N2O3. The minimum Gasteiger partial charge on any atom is -0.444 e. The molecule has 5 nitrogen and oxygen atoms in total. The van der Waals surface area contributed by atoms with Crippen LogP contribution < -0.4 is 5.32 Å². The maximum absolute atomic E-state index is 11.7. The normalized spacial score (nSPS) is 27.6. The minimum absolute atomic E-state index is 0.179. The molecule has 5 heteroatoms. The second-order valence-electron chi connectivity index (χ2n) is 6.84. The fourth-order valence-corrected chi connectivity index (χ4v) is 3.06. The number of rotatable bonds is 2. The zero-order valence-corrected chi connectivity index (χ0v) is 12.8. The summed E-state index contributed by atoms with van der Waals surface area (Å²) in [6, 6.07) is 0.556. The van der Waals surface area contributed by atoms with E-state index in [1.165, 1.54) is 0 Å². The second kappa shape index (κ2) is 6.02. The van der Waals surface area contributed by atoms with E-state index in [-0.39, 0.29) is 12.1 Å². The minimum atomic E-state index is -0.455. The third-order valence-electron chi connectivity index (χ3n) is 3.97. The maximum atomic E-state index is 11.7. The lowest BCUT2D eigenvalue weighted by atomic mass is 9.90. The van der Waals surface area contributed by atoms with Gasteiger partial charge in [-0.25, -0.2) is 4.79 Å². The standard InChI is InChI=1S/C15H26N2O3/c1-15(2,3)20-14(19)16-11-6-8-12(9-7-11)17-10-4-5-13(17)18/h11-12H,4-10H2,1-3H3,(H,16,19). The Bertz CT molecular complexity index is 368. The molecule has 2 fully saturated rings. The molecule has 1 aliphatic carbocycles. The van der Waals surface area contributed by atoms with Gasteiger partial charge in [0.25, 0.3) is 0 Å². The summed E-state index contributed by atoms with van der Waals surface area (Å²) in [6.07, 6.45) is 5.17. The summed E-state index contributed by atoms with van der Waals surface area (Å²) in [6.45, 7) is 6.50. The zero-order valence-electron chi connectivity index (χ0n) is 12.8. The number of likely N-dealkylation sites (tertiary alicyclic amines) is 1. The Morgan fingerprint density at radius 1 is 1.25 bits per heavy atom. The highest BCUT2D eigenvalue weighted by atomic mass is 16.6. The van der Waals surface area contributed by atoms with Gasteiger partial charge in [-0.2, -0.15) is 0 Å². The Labute approximate surface area is 121 Å². The predicted molar refractivity (Wildman–Crippen MR) is 76.4 cm³/mol. The fourth-order valence-electron chi connectivity index (χ4n) is 3.06. The molecule has 1 N–H and O–H groups in total. The van der Waals surface area contributed by atoms with Crippen LogP contribution in [0.5, 0.6) is 0 Å². The number of alkyl carbamates (subject to hydrolysis) is 1.